The summed E-state index contributed by atoms with van der Waals surface area (Å²) in [6.45, 7) is 3.64. The van der Waals surface area contributed by atoms with Crippen LogP contribution in [0.2, 0.25) is 0 Å². The molecule has 1 amide bonds. The fraction of sp³-hybridized carbons (Fsp3) is 0.818. The third kappa shape index (κ3) is 3.98. The largest absolute Gasteiger partial charge is 0.479 e. The van der Waals surface area contributed by atoms with E-state index in [9.17, 15) is 9.59 Å². The van der Waals surface area contributed by atoms with Crippen LogP contribution in [0, 0.1) is 5.41 Å². The van der Waals surface area contributed by atoms with Crippen LogP contribution in [-0.2, 0) is 9.59 Å². The second kappa shape index (κ2) is 5.97. The first-order chi connectivity index (χ1) is 7.96. The molecule has 1 unspecified atom stereocenters. The fourth-order valence-corrected chi connectivity index (χ4v) is 1.91. The van der Waals surface area contributed by atoms with Gasteiger partial charge in [0.15, 0.2) is 6.10 Å². The Morgan fingerprint density at radius 1 is 1.53 bits per heavy atom. The molecule has 1 heterocycles. The van der Waals surface area contributed by atoms with Crippen LogP contribution in [0.15, 0.2) is 0 Å². The second-order valence-electron chi connectivity index (χ2n) is 4.74. The van der Waals surface area contributed by atoms with Gasteiger partial charge in [0.25, 0.3) is 0 Å². The minimum atomic E-state index is -1.41. The Kier molecular flexibility index (Phi) is 4.89. The van der Waals surface area contributed by atoms with Crippen molar-refractivity contribution in [1.29, 1.82) is 0 Å². The van der Waals surface area contributed by atoms with Gasteiger partial charge in [-0.3, -0.25) is 4.79 Å². The third-order valence-electron chi connectivity index (χ3n) is 3.13. The molecule has 1 saturated heterocycles. The number of carbonyl (C=O) groups is 2. The number of nitrogens with one attached hydrogen (secondary N) is 2. The van der Waals surface area contributed by atoms with Gasteiger partial charge in [0.2, 0.25) is 5.91 Å². The Morgan fingerprint density at radius 3 is 2.76 bits per heavy atom. The van der Waals surface area contributed by atoms with Crippen LogP contribution in [0.3, 0.4) is 0 Å². The minimum Gasteiger partial charge on any atom is -0.479 e. The molecule has 17 heavy (non-hydrogen) atoms. The molecule has 0 bridgehead atoms. The van der Waals surface area contributed by atoms with Crippen molar-refractivity contribution in [2.75, 3.05) is 19.6 Å². The molecule has 4 N–H and O–H groups in total. The van der Waals surface area contributed by atoms with E-state index in [0.29, 0.717) is 6.54 Å². The summed E-state index contributed by atoms with van der Waals surface area (Å²) in [6, 6.07) is 0. The maximum absolute atomic E-state index is 11.9. The second-order valence-corrected chi connectivity index (χ2v) is 4.74. The summed E-state index contributed by atoms with van der Waals surface area (Å²) in [5, 5.41) is 23.4. The molecule has 0 saturated carbocycles. The Hall–Kier alpha value is -1.14. The van der Waals surface area contributed by atoms with Crippen LogP contribution in [0.1, 0.15) is 26.2 Å². The SMILES string of the molecule is CC1(C(=O)NCC[C@H](O)C(=O)O)CCCNC1. The number of carboxylic acids is 1. The highest BCUT2D eigenvalue weighted by Gasteiger charge is 2.34. The number of hydrogen-bond acceptors (Lipinski definition) is 4. The number of aliphatic hydroxyl groups is 1. The predicted octanol–water partition coefficient (Wildman–Crippen LogP) is -0.672. The molecule has 0 spiro atoms. The number of piperidine rings is 1. The number of aliphatic hydroxyl groups excluding tert-OH is 1. The number of carbonyl (C=O) groups excluding carboxylic acids is 1. The van der Waals surface area contributed by atoms with Crippen molar-refractivity contribution < 1.29 is 19.8 Å². The molecule has 0 aliphatic carbocycles. The number of aliphatic carboxylic acids is 1. The molecule has 6 heteroatoms. The average Bonchev–Trinajstić information content (AvgIpc) is 2.29. The normalized spacial score (nSPS) is 26.2. The standard InChI is InChI=1S/C11H20N2O4/c1-11(4-2-5-12-7-11)10(17)13-6-3-8(14)9(15)16/h8,12,14H,2-7H2,1H3,(H,13,17)(H,15,16)/t8-,11?/m0/s1. The van der Waals surface area contributed by atoms with Crippen LogP contribution < -0.4 is 10.6 Å². The van der Waals surface area contributed by atoms with E-state index in [-0.39, 0.29) is 18.9 Å². The van der Waals surface area contributed by atoms with E-state index >= 15 is 0 Å². The van der Waals surface area contributed by atoms with Gasteiger partial charge in [0, 0.05) is 19.5 Å². The molecule has 0 aromatic carbocycles. The lowest BCUT2D eigenvalue weighted by Gasteiger charge is -2.32. The molecular weight excluding hydrogens is 224 g/mol. The predicted molar refractivity (Wildman–Crippen MR) is 61.5 cm³/mol. The summed E-state index contributed by atoms with van der Waals surface area (Å²) in [6.07, 6.45) is 0.409. The summed E-state index contributed by atoms with van der Waals surface area (Å²) in [5.74, 6) is -1.34. The lowest BCUT2D eigenvalue weighted by atomic mass is 9.82. The minimum absolute atomic E-state index is 0.0323. The summed E-state index contributed by atoms with van der Waals surface area (Å²) in [4.78, 5) is 22.3. The van der Waals surface area contributed by atoms with Crippen LogP contribution in [0.25, 0.3) is 0 Å². The zero-order valence-electron chi connectivity index (χ0n) is 10.0. The smallest absolute Gasteiger partial charge is 0.332 e. The molecule has 2 atom stereocenters. The lowest BCUT2D eigenvalue weighted by Crippen LogP contribution is -2.49. The highest BCUT2D eigenvalue weighted by molar-refractivity contribution is 5.82. The van der Waals surface area contributed by atoms with Crippen molar-refractivity contribution in [3.05, 3.63) is 0 Å². The number of hydrogen-bond donors (Lipinski definition) is 4. The number of amides is 1. The van der Waals surface area contributed by atoms with Gasteiger partial charge in [-0.15, -0.1) is 0 Å². The Balaban J connectivity index is 2.31. The van der Waals surface area contributed by atoms with Crippen molar-refractivity contribution >= 4 is 11.9 Å². The van der Waals surface area contributed by atoms with E-state index in [1.807, 2.05) is 6.92 Å². The van der Waals surface area contributed by atoms with Gasteiger partial charge in [-0.2, -0.15) is 0 Å². The van der Waals surface area contributed by atoms with E-state index < -0.39 is 17.5 Å². The highest BCUT2D eigenvalue weighted by Crippen LogP contribution is 2.25. The Morgan fingerprint density at radius 2 is 2.24 bits per heavy atom. The Labute approximate surface area is 100 Å². The molecular formula is C11H20N2O4. The summed E-state index contributed by atoms with van der Waals surface area (Å²) >= 11 is 0. The Bertz CT molecular complexity index is 287. The zero-order valence-corrected chi connectivity index (χ0v) is 10.0. The van der Waals surface area contributed by atoms with E-state index in [4.69, 9.17) is 10.2 Å². The monoisotopic (exact) mass is 244 g/mol. The van der Waals surface area contributed by atoms with Crippen molar-refractivity contribution in [2.45, 2.75) is 32.3 Å². The van der Waals surface area contributed by atoms with E-state index in [1.54, 1.807) is 0 Å². The van der Waals surface area contributed by atoms with Crippen molar-refractivity contribution in [1.82, 2.24) is 10.6 Å². The summed E-state index contributed by atoms with van der Waals surface area (Å²) in [5.41, 5.74) is -0.424. The topological polar surface area (TPSA) is 98.7 Å². The number of rotatable bonds is 5. The van der Waals surface area contributed by atoms with Gasteiger partial charge < -0.3 is 20.8 Å². The molecule has 1 aliphatic heterocycles. The summed E-state index contributed by atoms with van der Waals surface area (Å²) in [7, 11) is 0. The molecule has 98 valence electrons. The lowest BCUT2D eigenvalue weighted by molar-refractivity contribution is -0.147. The van der Waals surface area contributed by atoms with Crippen LogP contribution in [0.5, 0.6) is 0 Å². The van der Waals surface area contributed by atoms with Gasteiger partial charge in [-0.05, 0) is 26.3 Å². The number of carboxylic acid groups (broad SMARTS) is 1. The van der Waals surface area contributed by atoms with E-state index in [2.05, 4.69) is 10.6 Å². The van der Waals surface area contributed by atoms with E-state index in [1.165, 1.54) is 0 Å². The molecule has 0 aromatic rings. The van der Waals surface area contributed by atoms with Crippen molar-refractivity contribution in [2.24, 2.45) is 5.41 Å². The molecule has 0 radical (unpaired) electrons. The maximum atomic E-state index is 11.9. The first-order valence-corrected chi connectivity index (χ1v) is 5.85. The highest BCUT2D eigenvalue weighted by atomic mass is 16.4. The molecule has 6 nitrogen and oxygen atoms in total. The van der Waals surface area contributed by atoms with Crippen LogP contribution in [-0.4, -0.2) is 47.8 Å². The molecule has 0 aromatic heterocycles. The zero-order chi connectivity index (χ0) is 12.9. The van der Waals surface area contributed by atoms with Gasteiger partial charge in [-0.25, -0.2) is 4.79 Å². The van der Waals surface area contributed by atoms with Gasteiger partial charge in [0.05, 0.1) is 5.41 Å². The first-order valence-electron chi connectivity index (χ1n) is 5.85. The quantitative estimate of drug-likeness (QED) is 0.514. The first kappa shape index (κ1) is 13.9. The van der Waals surface area contributed by atoms with Crippen molar-refractivity contribution in [3.63, 3.8) is 0 Å². The molecule has 1 fully saturated rings. The summed E-state index contributed by atoms with van der Waals surface area (Å²) < 4.78 is 0. The maximum Gasteiger partial charge on any atom is 0.332 e. The van der Waals surface area contributed by atoms with Gasteiger partial charge in [-0.1, -0.05) is 0 Å². The fourth-order valence-electron chi connectivity index (χ4n) is 1.91. The third-order valence-corrected chi connectivity index (χ3v) is 3.13. The van der Waals surface area contributed by atoms with Crippen LogP contribution >= 0.6 is 0 Å². The molecule has 1 aliphatic rings. The average molecular weight is 244 g/mol. The van der Waals surface area contributed by atoms with E-state index in [0.717, 1.165) is 19.4 Å². The van der Waals surface area contributed by atoms with Gasteiger partial charge in [0.1, 0.15) is 0 Å². The van der Waals surface area contributed by atoms with Gasteiger partial charge >= 0.3 is 5.97 Å². The molecule has 1 rings (SSSR count). The van der Waals surface area contributed by atoms with Crippen molar-refractivity contribution in [3.8, 4) is 0 Å². The van der Waals surface area contributed by atoms with Crippen LogP contribution in [0.4, 0.5) is 0 Å².